The molecule has 5 atom stereocenters. The average Bonchev–Trinajstić information content (AvgIpc) is 2.27. The van der Waals surface area contributed by atoms with E-state index >= 15 is 0 Å². The summed E-state index contributed by atoms with van der Waals surface area (Å²) in [4.78, 5) is 13.5. The van der Waals surface area contributed by atoms with Crippen LogP contribution in [0, 0.1) is 0 Å². The normalized spacial score (nSPS) is 37.1. The zero-order valence-corrected chi connectivity index (χ0v) is 9.09. The summed E-state index contributed by atoms with van der Waals surface area (Å²) in [6, 6.07) is -2.16. The largest absolute Gasteiger partial charge is 0.394 e. The lowest BCUT2D eigenvalue weighted by molar-refractivity contribution is -0.226. The Labute approximate surface area is 96.6 Å². The van der Waals surface area contributed by atoms with Gasteiger partial charge in [-0.1, -0.05) is 5.11 Å². The topological polar surface area (TPSA) is 148 Å². The minimum Gasteiger partial charge on any atom is -0.394 e. The number of carbonyl (C=O) groups is 1. The van der Waals surface area contributed by atoms with Gasteiger partial charge in [0.05, 0.1) is 24.8 Å². The van der Waals surface area contributed by atoms with Crippen molar-refractivity contribution in [3.8, 4) is 0 Å². The highest BCUT2D eigenvalue weighted by molar-refractivity contribution is 5.73. The van der Waals surface area contributed by atoms with Crippen molar-refractivity contribution in [3.05, 3.63) is 10.4 Å². The van der Waals surface area contributed by atoms with E-state index < -0.39 is 43.1 Å². The maximum Gasteiger partial charge on any atom is 0.217 e. The second-order valence-corrected chi connectivity index (χ2v) is 3.66. The van der Waals surface area contributed by atoms with Crippen molar-refractivity contribution in [1.82, 2.24) is 5.32 Å². The number of hydrogen-bond donors (Lipinski definition) is 4. The molecule has 1 fully saturated rings. The number of aliphatic hydroxyl groups is 3. The predicted octanol–water partition coefficient (Wildman–Crippen LogP) is -1.76. The molecular formula is C8H14N4O5. The molecule has 0 unspecified atom stereocenters. The van der Waals surface area contributed by atoms with Crippen LogP contribution in [0.1, 0.15) is 6.92 Å². The van der Waals surface area contributed by atoms with Crippen LogP contribution >= 0.6 is 0 Å². The van der Waals surface area contributed by atoms with Crippen LogP contribution in [-0.4, -0.2) is 58.4 Å². The summed E-state index contributed by atoms with van der Waals surface area (Å²) in [5.41, 5.74) is 8.38. The molecule has 1 heterocycles. The van der Waals surface area contributed by atoms with Crippen LogP contribution in [0.2, 0.25) is 0 Å². The van der Waals surface area contributed by atoms with Gasteiger partial charge < -0.3 is 25.4 Å². The summed E-state index contributed by atoms with van der Waals surface area (Å²) >= 11 is 0. The van der Waals surface area contributed by atoms with Gasteiger partial charge in [0.25, 0.3) is 0 Å². The summed E-state index contributed by atoms with van der Waals surface area (Å²) in [7, 11) is 0. The van der Waals surface area contributed by atoms with Gasteiger partial charge in [0.1, 0.15) is 6.10 Å². The van der Waals surface area contributed by atoms with Gasteiger partial charge in [-0.15, -0.1) is 0 Å². The molecule has 0 aromatic carbocycles. The fourth-order valence-corrected chi connectivity index (χ4v) is 1.69. The van der Waals surface area contributed by atoms with Gasteiger partial charge in [-0.05, 0) is 5.53 Å². The van der Waals surface area contributed by atoms with Crippen molar-refractivity contribution >= 4 is 5.91 Å². The van der Waals surface area contributed by atoms with E-state index in [4.69, 9.17) is 15.4 Å². The summed E-state index contributed by atoms with van der Waals surface area (Å²) in [6.07, 6.45) is -3.84. The number of nitrogens with zero attached hydrogens (tertiary/aromatic N) is 3. The molecule has 1 aliphatic heterocycles. The molecule has 1 aliphatic rings. The van der Waals surface area contributed by atoms with Crippen LogP contribution in [-0.2, 0) is 9.53 Å². The van der Waals surface area contributed by atoms with Gasteiger partial charge in [-0.25, -0.2) is 0 Å². The summed E-state index contributed by atoms with van der Waals surface area (Å²) in [6.45, 7) is 0.673. The van der Waals surface area contributed by atoms with E-state index in [0.29, 0.717) is 0 Å². The fourth-order valence-electron chi connectivity index (χ4n) is 1.69. The monoisotopic (exact) mass is 246 g/mol. The Morgan fingerprint density at radius 1 is 1.59 bits per heavy atom. The van der Waals surface area contributed by atoms with E-state index in [1.165, 1.54) is 6.92 Å². The van der Waals surface area contributed by atoms with Crippen molar-refractivity contribution in [3.63, 3.8) is 0 Å². The van der Waals surface area contributed by atoms with E-state index in [1.54, 1.807) is 0 Å². The van der Waals surface area contributed by atoms with Crippen molar-refractivity contribution in [2.24, 2.45) is 5.11 Å². The lowest BCUT2D eigenvalue weighted by Crippen LogP contribution is -2.63. The Morgan fingerprint density at radius 2 is 2.24 bits per heavy atom. The molecule has 0 radical (unpaired) electrons. The molecule has 0 aromatic heterocycles. The molecule has 0 aromatic rings. The third-order valence-corrected chi connectivity index (χ3v) is 2.46. The number of hydrogen-bond acceptors (Lipinski definition) is 6. The number of carbonyl (C=O) groups excluding carboxylic acids is 1. The van der Waals surface area contributed by atoms with Crippen LogP contribution in [0.5, 0.6) is 0 Å². The molecule has 0 spiro atoms. The third kappa shape index (κ3) is 3.05. The number of azide groups is 1. The van der Waals surface area contributed by atoms with Gasteiger partial charge >= 0.3 is 0 Å². The minimum atomic E-state index is -1.46. The van der Waals surface area contributed by atoms with E-state index in [9.17, 15) is 15.0 Å². The Bertz CT molecular complexity index is 332. The Morgan fingerprint density at radius 3 is 2.71 bits per heavy atom. The van der Waals surface area contributed by atoms with Gasteiger partial charge in [-0.3, -0.25) is 4.79 Å². The molecule has 4 N–H and O–H groups in total. The minimum absolute atomic E-state index is 0.467. The van der Waals surface area contributed by atoms with Crippen LogP contribution in [0.15, 0.2) is 5.11 Å². The lowest BCUT2D eigenvalue weighted by Gasteiger charge is -2.40. The van der Waals surface area contributed by atoms with Crippen LogP contribution in [0.25, 0.3) is 10.4 Å². The molecule has 1 amide bonds. The maximum absolute atomic E-state index is 10.9. The van der Waals surface area contributed by atoms with E-state index in [1.807, 2.05) is 0 Å². The molecule has 9 nitrogen and oxygen atoms in total. The van der Waals surface area contributed by atoms with E-state index in [-0.39, 0.29) is 0 Å². The average molecular weight is 246 g/mol. The quantitative estimate of drug-likeness (QED) is 0.264. The highest BCUT2D eigenvalue weighted by Crippen LogP contribution is 2.22. The molecular weight excluding hydrogens is 232 g/mol. The number of nitrogens with one attached hydrogen (secondary N) is 1. The first-order valence-corrected chi connectivity index (χ1v) is 4.95. The van der Waals surface area contributed by atoms with E-state index in [2.05, 4.69) is 15.3 Å². The molecule has 0 bridgehead atoms. The molecule has 17 heavy (non-hydrogen) atoms. The first-order chi connectivity index (χ1) is 8.01. The first kappa shape index (κ1) is 13.7. The van der Waals surface area contributed by atoms with Gasteiger partial charge in [0, 0.05) is 11.8 Å². The maximum atomic E-state index is 10.9. The third-order valence-electron chi connectivity index (χ3n) is 2.46. The smallest absolute Gasteiger partial charge is 0.217 e. The molecule has 1 rings (SSSR count). The first-order valence-electron chi connectivity index (χ1n) is 4.95. The van der Waals surface area contributed by atoms with Crippen LogP contribution in [0.3, 0.4) is 0 Å². The fraction of sp³-hybridized carbons (Fsp3) is 0.875. The number of rotatable bonds is 3. The Balaban J connectivity index is 2.92. The van der Waals surface area contributed by atoms with Gasteiger partial charge in [0.15, 0.2) is 6.29 Å². The number of aliphatic hydroxyl groups excluding tert-OH is 3. The van der Waals surface area contributed by atoms with Crippen molar-refractivity contribution in [2.45, 2.75) is 37.5 Å². The Kier molecular flexibility index (Phi) is 4.67. The van der Waals surface area contributed by atoms with Crippen molar-refractivity contribution in [2.75, 3.05) is 6.61 Å². The zero-order valence-electron chi connectivity index (χ0n) is 9.09. The highest BCUT2D eigenvalue weighted by Gasteiger charge is 2.44. The van der Waals surface area contributed by atoms with Gasteiger partial charge in [-0.2, -0.15) is 0 Å². The van der Waals surface area contributed by atoms with Crippen molar-refractivity contribution < 1.29 is 24.9 Å². The van der Waals surface area contributed by atoms with E-state index in [0.717, 1.165) is 0 Å². The SMILES string of the molecule is CC(=O)N[C@H]1[C@@H](N=[N+]=[N-])[C@H](O)[C@@H](CO)O[C@H]1O. The molecule has 96 valence electrons. The van der Waals surface area contributed by atoms with Crippen molar-refractivity contribution in [1.29, 1.82) is 0 Å². The van der Waals surface area contributed by atoms with Crippen LogP contribution in [0.4, 0.5) is 0 Å². The summed E-state index contributed by atoms with van der Waals surface area (Å²) < 4.78 is 4.90. The lowest BCUT2D eigenvalue weighted by atomic mass is 9.95. The second kappa shape index (κ2) is 5.80. The second-order valence-electron chi connectivity index (χ2n) is 3.66. The van der Waals surface area contributed by atoms with Crippen LogP contribution < -0.4 is 5.32 Å². The molecule has 9 heteroatoms. The molecule has 0 aliphatic carbocycles. The standard InChI is InChI=1S/C8H14N4O5/c1-3(14)10-6-5(11-12-9)7(15)4(2-13)17-8(6)16/h4-8,13,15-16H,2H2,1H3,(H,10,14)/t4-,5-,6+,7-,8-/m1/s1. The molecule has 1 saturated heterocycles. The molecule has 0 saturated carbocycles. The Hall–Kier alpha value is -1.38. The summed E-state index contributed by atoms with van der Waals surface area (Å²) in [5, 5.41) is 33.9. The summed E-state index contributed by atoms with van der Waals surface area (Å²) in [5.74, 6) is -0.467. The van der Waals surface area contributed by atoms with Gasteiger partial charge in [0.2, 0.25) is 5.91 Å². The number of ether oxygens (including phenoxy) is 1. The zero-order chi connectivity index (χ0) is 13.0. The predicted molar refractivity (Wildman–Crippen MR) is 54.5 cm³/mol. The highest BCUT2D eigenvalue weighted by atomic mass is 16.6. The number of amides is 1.